The van der Waals surface area contributed by atoms with Crippen molar-refractivity contribution in [2.45, 2.75) is 79.1 Å². The third-order valence-electron chi connectivity index (χ3n) is 5.69. The van der Waals surface area contributed by atoms with Gasteiger partial charge in [-0.3, -0.25) is 4.79 Å². The Hall–Kier alpha value is -1.66. The quantitative estimate of drug-likeness (QED) is 0.318. The summed E-state index contributed by atoms with van der Waals surface area (Å²) in [4.78, 5) is 13.7. The molecule has 2 rings (SSSR count). The lowest BCUT2D eigenvalue weighted by Gasteiger charge is -2.24. The van der Waals surface area contributed by atoms with Gasteiger partial charge >= 0.3 is 0 Å². The molecule has 1 atom stereocenters. The molecule has 0 aromatic heterocycles. The summed E-state index contributed by atoms with van der Waals surface area (Å²) in [6.07, 6.45) is 5.82. The highest BCUT2D eigenvalue weighted by atomic mass is 31.2. The standard InChI is InChI=1S/C26H37O2P/c1-7-8-9-10-14-17-29(28,23-15-12-11-13-16-23)25(27)24-20(2)18-22(19-21(24)3)26(4,5)6/h11-13,15-16,18-19H,7-10,14,17H2,1-6H3. The molecule has 2 aromatic carbocycles. The molecule has 29 heavy (non-hydrogen) atoms. The summed E-state index contributed by atoms with van der Waals surface area (Å²) >= 11 is 0. The first kappa shape index (κ1) is 23.6. The zero-order chi connectivity index (χ0) is 21.7. The van der Waals surface area contributed by atoms with Gasteiger partial charge in [0.2, 0.25) is 5.52 Å². The predicted octanol–water partition coefficient (Wildman–Crippen LogP) is 7.40. The fourth-order valence-electron chi connectivity index (χ4n) is 3.87. The van der Waals surface area contributed by atoms with Gasteiger partial charge in [-0.1, -0.05) is 95.8 Å². The summed E-state index contributed by atoms with van der Waals surface area (Å²) in [5, 5.41) is 0.694. The first-order chi connectivity index (χ1) is 13.6. The van der Waals surface area contributed by atoms with Gasteiger partial charge in [0.25, 0.3) is 0 Å². The molecular formula is C26H37O2P. The van der Waals surface area contributed by atoms with Crippen LogP contribution in [0.4, 0.5) is 0 Å². The minimum atomic E-state index is -3.18. The highest BCUT2D eigenvalue weighted by molar-refractivity contribution is 7.87. The van der Waals surface area contributed by atoms with Crippen LogP contribution in [0.15, 0.2) is 42.5 Å². The molecule has 0 amide bonds. The lowest BCUT2D eigenvalue weighted by molar-refractivity contribution is 0.107. The Morgan fingerprint density at radius 2 is 1.45 bits per heavy atom. The van der Waals surface area contributed by atoms with Gasteiger partial charge < -0.3 is 4.57 Å². The van der Waals surface area contributed by atoms with Gasteiger partial charge in [0.1, 0.15) is 0 Å². The third-order valence-corrected chi connectivity index (χ3v) is 8.65. The van der Waals surface area contributed by atoms with E-state index in [4.69, 9.17) is 0 Å². The summed E-state index contributed by atoms with van der Waals surface area (Å²) in [7, 11) is -3.18. The van der Waals surface area contributed by atoms with E-state index in [0.29, 0.717) is 17.0 Å². The van der Waals surface area contributed by atoms with E-state index in [9.17, 15) is 9.36 Å². The van der Waals surface area contributed by atoms with Crippen molar-refractivity contribution in [3.8, 4) is 0 Å². The van der Waals surface area contributed by atoms with Crippen LogP contribution in [0.1, 0.15) is 86.8 Å². The van der Waals surface area contributed by atoms with Gasteiger partial charge in [-0.2, -0.15) is 0 Å². The molecule has 0 saturated heterocycles. The molecule has 0 N–H and O–H groups in total. The van der Waals surface area contributed by atoms with Crippen LogP contribution in [-0.4, -0.2) is 11.7 Å². The van der Waals surface area contributed by atoms with Gasteiger partial charge in [0.05, 0.1) is 0 Å². The maximum absolute atomic E-state index is 14.2. The number of hydrogen-bond acceptors (Lipinski definition) is 2. The molecule has 2 nitrogen and oxygen atoms in total. The number of unbranched alkanes of at least 4 members (excludes halogenated alkanes) is 4. The molecule has 1 unspecified atom stereocenters. The highest BCUT2D eigenvalue weighted by Gasteiger charge is 2.35. The first-order valence-corrected chi connectivity index (χ1v) is 12.8. The number of aryl methyl sites for hydroxylation is 2. The minimum absolute atomic E-state index is 0.0134. The second-order valence-corrected chi connectivity index (χ2v) is 12.1. The van der Waals surface area contributed by atoms with Gasteiger partial charge in [-0.25, -0.2) is 0 Å². The zero-order valence-corrected chi connectivity index (χ0v) is 19.9. The first-order valence-electron chi connectivity index (χ1n) is 10.9. The Kier molecular flexibility index (Phi) is 8.06. The summed E-state index contributed by atoms with van der Waals surface area (Å²) in [5.41, 5.74) is 3.56. The van der Waals surface area contributed by atoms with Gasteiger partial charge in [-0.15, -0.1) is 0 Å². The molecule has 0 aliphatic heterocycles. The fraction of sp³-hybridized carbons (Fsp3) is 0.500. The van der Waals surface area contributed by atoms with Crippen LogP contribution in [0, 0.1) is 13.8 Å². The average Bonchev–Trinajstić information content (AvgIpc) is 2.67. The number of hydrogen-bond donors (Lipinski definition) is 0. The zero-order valence-electron chi connectivity index (χ0n) is 19.0. The summed E-state index contributed by atoms with van der Waals surface area (Å²) in [6, 6.07) is 13.6. The molecule has 0 radical (unpaired) electrons. The second-order valence-electron chi connectivity index (χ2n) is 9.25. The number of carbonyl (C=O) groups is 1. The molecule has 0 spiro atoms. The van der Waals surface area contributed by atoms with Crippen molar-refractivity contribution in [2.24, 2.45) is 0 Å². The van der Waals surface area contributed by atoms with Crippen molar-refractivity contribution in [1.29, 1.82) is 0 Å². The van der Waals surface area contributed by atoms with Crippen LogP contribution in [0.25, 0.3) is 0 Å². The fourth-order valence-corrected chi connectivity index (χ4v) is 6.60. The minimum Gasteiger partial charge on any atom is -0.310 e. The van der Waals surface area contributed by atoms with E-state index in [0.717, 1.165) is 30.4 Å². The van der Waals surface area contributed by atoms with Crippen LogP contribution in [0.2, 0.25) is 0 Å². The van der Waals surface area contributed by atoms with Crippen LogP contribution in [0.5, 0.6) is 0 Å². The van der Waals surface area contributed by atoms with E-state index in [-0.39, 0.29) is 10.9 Å². The van der Waals surface area contributed by atoms with Crippen molar-refractivity contribution in [1.82, 2.24) is 0 Å². The van der Waals surface area contributed by atoms with E-state index < -0.39 is 7.14 Å². The Bertz CT molecular complexity index is 852. The topological polar surface area (TPSA) is 34.1 Å². The molecule has 0 fully saturated rings. The SMILES string of the molecule is CCCCCCCP(=O)(C(=O)c1c(C)cc(C(C)(C)C)cc1C)c1ccccc1. The molecule has 0 aliphatic carbocycles. The number of carbonyl (C=O) groups excluding carboxylic acids is 1. The summed E-state index contributed by atoms with van der Waals surface area (Å²) in [5.74, 6) is 0. The van der Waals surface area contributed by atoms with E-state index in [2.05, 4.69) is 39.8 Å². The van der Waals surface area contributed by atoms with E-state index in [1.165, 1.54) is 18.4 Å². The van der Waals surface area contributed by atoms with Crippen molar-refractivity contribution in [3.05, 3.63) is 64.7 Å². The second kappa shape index (κ2) is 9.90. The normalized spacial score (nSPS) is 13.9. The van der Waals surface area contributed by atoms with Crippen LogP contribution in [-0.2, 0) is 9.98 Å². The number of rotatable bonds is 9. The van der Waals surface area contributed by atoms with Crippen LogP contribution >= 0.6 is 7.14 Å². The van der Waals surface area contributed by atoms with Gasteiger partial charge in [0.15, 0.2) is 7.14 Å². The Morgan fingerprint density at radius 3 is 1.97 bits per heavy atom. The van der Waals surface area contributed by atoms with Gasteiger partial charge in [0, 0.05) is 17.0 Å². The number of benzene rings is 2. The smallest absolute Gasteiger partial charge is 0.226 e. The lowest BCUT2D eigenvalue weighted by atomic mass is 9.84. The van der Waals surface area contributed by atoms with Gasteiger partial charge in [-0.05, 0) is 42.4 Å². The molecule has 2 aromatic rings. The third kappa shape index (κ3) is 5.70. The van der Waals surface area contributed by atoms with Crippen LogP contribution in [0.3, 0.4) is 0 Å². The molecule has 158 valence electrons. The Morgan fingerprint density at radius 1 is 0.897 bits per heavy atom. The molecule has 3 heteroatoms. The van der Waals surface area contributed by atoms with E-state index in [1.54, 1.807) is 0 Å². The van der Waals surface area contributed by atoms with E-state index in [1.807, 2.05) is 44.2 Å². The Labute approximate surface area is 177 Å². The van der Waals surface area contributed by atoms with Crippen molar-refractivity contribution >= 4 is 18.0 Å². The largest absolute Gasteiger partial charge is 0.310 e. The van der Waals surface area contributed by atoms with Crippen molar-refractivity contribution < 1.29 is 9.36 Å². The van der Waals surface area contributed by atoms with Crippen molar-refractivity contribution in [2.75, 3.05) is 6.16 Å². The Balaban J connectivity index is 2.44. The average molecular weight is 413 g/mol. The summed E-state index contributed by atoms with van der Waals surface area (Å²) in [6.45, 7) is 12.7. The van der Waals surface area contributed by atoms with E-state index >= 15 is 0 Å². The predicted molar refractivity (Wildman–Crippen MR) is 126 cm³/mol. The molecule has 0 heterocycles. The highest BCUT2D eigenvalue weighted by Crippen LogP contribution is 2.50. The molecule has 0 bridgehead atoms. The van der Waals surface area contributed by atoms with Crippen LogP contribution < -0.4 is 5.30 Å². The maximum atomic E-state index is 14.2. The summed E-state index contributed by atoms with van der Waals surface area (Å²) < 4.78 is 14.2. The lowest BCUT2D eigenvalue weighted by Crippen LogP contribution is -2.19. The monoisotopic (exact) mass is 412 g/mol. The maximum Gasteiger partial charge on any atom is 0.226 e. The van der Waals surface area contributed by atoms with Crippen molar-refractivity contribution in [3.63, 3.8) is 0 Å². The molecule has 0 saturated carbocycles. The molecular weight excluding hydrogens is 375 g/mol. The molecule has 0 aliphatic rings.